The van der Waals surface area contributed by atoms with Crippen LogP contribution in [-0.2, 0) is 0 Å². The minimum Gasteiger partial charge on any atom is -0.787 e. The molecule has 0 aliphatic carbocycles. The molecule has 0 aromatic carbocycles. The molecular formula is CH2KN5O. The van der Waals surface area contributed by atoms with Crippen LogP contribution in [-0.4, -0.2) is 20.4 Å². The minimum absolute atomic E-state index is 0. The first-order valence-corrected chi connectivity index (χ1v) is 1.52. The van der Waals surface area contributed by atoms with Gasteiger partial charge in [-0.25, -0.2) is 4.85 Å². The van der Waals surface area contributed by atoms with Gasteiger partial charge in [-0.3, -0.25) is 0 Å². The van der Waals surface area contributed by atoms with Crippen molar-refractivity contribution in [2.24, 2.45) is 0 Å². The Bertz CT molecular complexity index is 145. The van der Waals surface area contributed by atoms with E-state index >= 15 is 0 Å². The number of nitrogens with zero attached hydrogens (tertiary/aromatic N) is 4. The summed E-state index contributed by atoms with van der Waals surface area (Å²) in [4.78, 5) is 0.139. The van der Waals surface area contributed by atoms with Gasteiger partial charge in [0.2, 0.25) is 5.95 Å². The third kappa shape index (κ3) is 1.67. The molecular weight excluding hydrogens is 137 g/mol. The summed E-state index contributed by atoms with van der Waals surface area (Å²) < 4.78 is 0. The van der Waals surface area contributed by atoms with Crippen molar-refractivity contribution in [3.63, 3.8) is 0 Å². The zero-order valence-corrected chi connectivity index (χ0v) is 7.40. The van der Waals surface area contributed by atoms with Gasteiger partial charge in [-0.05, 0) is 10.4 Å². The number of anilines is 1. The van der Waals surface area contributed by atoms with Crippen molar-refractivity contribution in [1.29, 1.82) is 0 Å². The Morgan fingerprint density at radius 1 is 1.62 bits per heavy atom. The first-order chi connectivity index (χ1) is 3.30. The summed E-state index contributed by atoms with van der Waals surface area (Å²) in [7, 11) is 0. The SMILES string of the molecule is Nc1nnnn1[O-].[K+]. The van der Waals surface area contributed by atoms with Crippen LogP contribution in [0.1, 0.15) is 0 Å². The van der Waals surface area contributed by atoms with Gasteiger partial charge in [0, 0.05) is 0 Å². The first-order valence-electron chi connectivity index (χ1n) is 1.52. The molecule has 0 saturated heterocycles. The molecule has 8 heavy (non-hydrogen) atoms. The van der Waals surface area contributed by atoms with Crippen molar-refractivity contribution in [2.45, 2.75) is 0 Å². The summed E-state index contributed by atoms with van der Waals surface area (Å²) >= 11 is 0. The molecule has 0 atom stereocenters. The number of nitrogens with two attached hydrogens (primary N) is 1. The minimum atomic E-state index is -0.222. The van der Waals surface area contributed by atoms with Crippen molar-refractivity contribution >= 4 is 5.95 Å². The maximum absolute atomic E-state index is 9.97. The van der Waals surface area contributed by atoms with E-state index in [4.69, 9.17) is 5.73 Å². The van der Waals surface area contributed by atoms with E-state index in [0.717, 1.165) is 0 Å². The molecule has 0 aliphatic rings. The van der Waals surface area contributed by atoms with E-state index in [0.29, 0.717) is 0 Å². The topological polar surface area (TPSA) is 92.7 Å². The van der Waals surface area contributed by atoms with E-state index in [2.05, 4.69) is 15.5 Å². The van der Waals surface area contributed by atoms with Crippen LogP contribution >= 0.6 is 0 Å². The van der Waals surface area contributed by atoms with Gasteiger partial charge in [0.1, 0.15) is 0 Å². The van der Waals surface area contributed by atoms with Crippen LogP contribution in [0, 0.1) is 5.21 Å². The van der Waals surface area contributed by atoms with E-state index in [9.17, 15) is 5.21 Å². The third-order valence-corrected chi connectivity index (χ3v) is 0.464. The Hall–Kier alpha value is 0.306. The Balaban J connectivity index is 0.000000490. The van der Waals surface area contributed by atoms with Crippen molar-refractivity contribution in [3.05, 3.63) is 5.21 Å². The maximum Gasteiger partial charge on any atom is 1.00 e. The summed E-state index contributed by atoms with van der Waals surface area (Å²) in [5, 5.41) is 18.9. The third-order valence-electron chi connectivity index (χ3n) is 0.464. The van der Waals surface area contributed by atoms with E-state index in [1.807, 2.05) is 0 Å². The second kappa shape index (κ2) is 3.36. The predicted octanol–water partition coefficient (Wildman–Crippen LogP) is -4.39. The molecule has 0 bridgehead atoms. The normalized spacial score (nSPS) is 8.00. The van der Waals surface area contributed by atoms with Crippen molar-refractivity contribution in [2.75, 3.05) is 5.73 Å². The van der Waals surface area contributed by atoms with Gasteiger partial charge in [0.15, 0.2) is 0 Å². The molecule has 1 rings (SSSR count). The van der Waals surface area contributed by atoms with Gasteiger partial charge in [0.05, 0.1) is 0 Å². The summed E-state index contributed by atoms with van der Waals surface area (Å²) in [6.07, 6.45) is 0. The molecule has 6 nitrogen and oxygen atoms in total. The molecule has 0 aliphatic heterocycles. The van der Waals surface area contributed by atoms with Crippen molar-refractivity contribution in [3.8, 4) is 0 Å². The Kier molecular flexibility index (Phi) is 3.48. The molecule has 1 heterocycles. The van der Waals surface area contributed by atoms with Gasteiger partial charge in [-0.2, -0.15) is 0 Å². The smallest absolute Gasteiger partial charge is 0.787 e. The monoisotopic (exact) mass is 139 g/mol. The fourth-order valence-electron chi connectivity index (χ4n) is 0.186. The number of nitrogen functional groups attached to an aromatic ring is 1. The van der Waals surface area contributed by atoms with Crippen LogP contribution in [0.3, 0.4) is 0 Å². The summed E-state index contributed by atoms with van der Waals surface area (Å²) in [6.45, 7) is 0. The van der Waals surface area contributed by atoms with E-state index in [1.165, 1.54) is 0 Å². The van der Waals surface area contributed by atoms with Gasteiger partial charge in [0.25, 0.3) is 0 Å². The van der Waals surface area contributed by atoms with E-state index in [1.54, 1.807) is 0 Å². The average molecular weight is 139 g/mol. The predicted molar refractivity (Wildman–Crippen MR) is 21.0 cm³/mol. The number of tetrazole rings is 1. The summed E-state index contributed by atoms with van der Waals surface area (Å²) in [6, 6.07) is 0. The van der Waals surface area contributed by atoms with Gasteiger partial charge in [-0.15, -0.1) is 0 Å². The number of aromatic nitrogens is 4. The van der Waals surface area contributed by atoms with Crippen LogP contribution in [0.25, 0.3) is 0 Å². The Labute approximate surface area is 87.4 Å². The molecule has 0 unspecified atom stereocenters. The molecule has 1 aromatic rings. The molecule has 0 radical (unpaired) electrons. The van der Waals surface area contributed by atoms with Crippen LogP contribution < -0.4 is 57.1 Å². The molecule has 0 saturated carbocycles. The van der Waals surface area contributed by atoms with Crippen molar-refractivity contribution in [1.82, 2.24) is 20.4 Å². The fourth-order valence-corrected chi connectivity index (χ4v) is 0.186. The van der Waals surface area contributed by atoms with E-state index < -0.39 is 0 Å². The van der Waals surface area contributed by atoms with Crippen molar-refractivity contribution < 1.29 is 51.4 Å². The average Bonchev–Trinajstić information content (AvgIpc) is 1.91. The standard InChI is InChI=1S/CH2N5O.K/c2-1-3-4-5-6(1)7;/h(H2,2,3,5);/q-1;+1. The Morgan fingerprint density at radius 3 is 2.38 bits per heavy atom. The quantitative estimate of drug-likeness (QED) is 0.366. The second-order valence-electron chi connectivity index (χ2n) is 0.910. The van der Waals surface area contributed by atoms with Gasteiger partial charge < -0.3 is 10.9 Å². The van der Waals surface area contributed by atoms with Crippen LogP contribution in [0.5, 0.6) is 0 Å². The van der Waals surface area contributed by atoms with Crippen LogP contribution in [0.15, 0.2) is 0 Å². The molecule has 0 fully saturated rings. The molecule has 1 aromatic heterocycles. The van der Waals surface area contributed by atoms with Gasteiger partial charge in [-0.1, -0.05) is 5.10 Å². The second-order valence-corrected chi connectivity index (χ2v) is 0.910. The summed E-state index contributed by atoms with van der Waals surface area (Å²) in [5.41, 5.74) is 4.85. The maximum atomic E-state index is 9.97. The van der Waals surface area contributed by atoms with Crippen LogP contribution in [0.4, 0.5) is 5.95 Å². The van der Waals surface area contributed by atoms with Crippen LogP contribution in [0.2, 0.25) is 0 Å². The number of rotatable bonds is 0. The molecule has 0 amide bonds. The summed E-state index contributed by atoms with van der Waals surface area (Å²) in [5.74, 6) is -0.222. The molecule has 0 spiro atoms. The van der Waals surface area contributed by atoms with Gasteiger partial charge >= 0.3 is 51.4 Å². The first kappa shape index (κ1) is 8.31. The molecule has 38 valence electrons. The number of hydrogen-bond donors (Lipinski definition) is 1. The fraction of sp³-hybridized carbons (Fsp3) is 0. The van der Waals surface area contributed by atoms with E-state index in [-0.39, 0.29) is 62.2 Å². The number of hydrogen-bond acceptors (Lipinski definition) is 5. The zero-order chi connectivity index (χ0) is 5.28. The largest absolute Gasteiger partial charge is 1.00 e. The Morgan fingerprint density at radius 2 is 2.25 bits per heavy atom. The molecule has 7 heteroatoms. The molecule has 2 N–H and O–H groups in total. The zero-order valence-electron chi connectivity index (χ0n) is 4.27.